The lowest BCUT2D eigenvalue weighted by atomic mass is 10.1. The third-order valence-corrected chi connectivity index (χ3v) is 1.99. The molecule has 0 saturated carbocycles. The van der Waals surface area contributed by atoms with E-state index >= 15 is 0 Å². The Labute approximate surface area is 98.5 Å². The predicted octanol–water partition coefficient (Wildman–Crippen LogP) is 2.27. The molecule has 0 aliphatic carbocycles. The van der Waals surface area contributed by atoms with E-state index < -0.39 is 11.9 Å². The van der Waals surface area contributed by atoms with Gasteiger partial charge in [-0.2, -0.15) is 0 Å². The normalized spacial score (nSPS) is 11.1. The molecule has 1 aromatic carbocycles. The summed E-state index contributed by atoms with van der Waals surface area (Å²) in [6.45, 7) is 0. The van der Waals surface area contributed by atoms with Crippen molar-refractivity contribution in [1.82, 2.24) is 0 Å². The largest absolute Gasteiger partial charge is 0.481 e. The monoisotopic (exact) mass is 232 g/mol. The van der Waals surface area contributed by atoms with Crippen LogP contribution < -0.4 is 0 Å². The molecule has 4 nitrogen and oxygen atoms in total. The minimum atomic E-state index is -1.02. The maximum Gasteiger partial charge on any atom is 0.328 e. The van der Waals surface area contributed by atoms with Gasteiger partial charge in [-0.1, -0.05) is 36.4 Å². The Morgan fingerprint density at radius 3 is 2.18 bits per heavy atom. The molecule has 0 atom stereocenters. The van der Waals surface area contributed by atoms with Crippen molar-refractivity contribution in [2.24, 2.45) is 0 Å². The maximum absolute atomic E-state index is 10.4. The van der Waals surface area contributed by atoms with Crippen LogP contribution in [0, 0.1) is 0 Å². The fourth-order valence-electron chi connectivity index (χ4n) is 1.26. The van der Waals surface area contributed by atoms with Gasteiger partial charge < -0.3 is 10.2 Å². The van der Waals surface area contributed by atoms with Gasteiger partial charge in [0.15, 0.2) is 0 Å². The number of hydrogen-bond donors (Lipinski definition) is 2. The van der Waals surface area contributed by atoms with Crippen LogP contribution >= 0.6 is 0 Å². The summed E-state index contributed by atoms with van der Waals surface area (Å²) in [4.78, 5) is 20.8. The van der Waals surface area contributed by atoms with Crippen LogP contribution in [-0.2, 0) is 9.59 Å². The molecular formula is C13H12O4. The molecule has 0 unspecified atom stereocenters. The lowest BCUT2D eigenvalue weighted by Crippen LogP contribution is -1.90. The summed E-state index contributed by atoms with van der Waals surface area (Å²) in [5, 5.41) is 17.0. The molecule has 4 heteroatoms. The minimum Gasteiger partial charge on any atom is -0.481 e. The van der Waals surface area contributed by atoms with Gasteiger partial charge in [0.25, 0.3) is 0 Å². The van der Waals surface area contributed by atoms with Crippen LogP contribution in [0.1, 0.15) is 17.5 Å². The highest BCUT2D eigenvalue weighted by Crippen LogP contribution is 2.12. The van der Waals surface area contributed by atoms with Gasteiger partial charge in [-0.15, -0.1) is 0 Å². The molecule has 0 fully saturated rings. The summed E-state index contributed by atoms with van der Waals surface area (Å²) in [5.41, 5.74) is 1.52. The van der Waals surface area contributed by atoms with Gasteiger partial charge in [-0.05, 0) is 17.2 Å². The summed E-state index contributed by atoms with van der Waals surface area (Å²) in [5.74, 6) is -1.92. The summed E-state index contributed by atoms with van der Waals surface area (Å²) >= 11 is 0. The van der Waals surface area contributed by atoms with Crippen LogP contribution in [-0.4, -0.2) is 22.2 Å². The second kappa shape index (κ2) is 6.27. The number of carboxylic acids is 2. The molecule has 0 heterocycles. The SMILES string of the molecule is O=C(O)/C=C/c1ccccc1C=CCC(=O)O. The van der Waals surface area contributed by atoms with Crippen molar-refractivity contribution in [2.75, 3.05) is 0 Å². The lowest BCUT2D eigenvalue weighted by molar-refractivity contribution is -0.136. The summed E-state index contributed by atoms with van der Waals surface area (Å²) < 4.78 is 0. The number of benzene rings is 1. The predicted molar refractivity (Wildman–Crippen MR) is 64.4 cm³/mol. The van der Waals surface area contributed by atoms with Gasteiger partial charge in [-0.3, -0.25) is 4.79 Å². The Bertz CT molecular complexity index is 472. The number of carboxylic acid groups (broad SMARTS) is 2. The van der Waals surface area contributed by atoms with E-state index in [4.69, 9.17) is 10.2 Å². The molecule has 2 N–H and O–H groups in total. The van der Waals surface area contributed by atoms with E-state index in [0.29, 0.717) is 0 Å². The van der Waals surface area contributed by atoms with E-state index in [9.17, 15) is 9.59 Å². The Morgan fingerprint density at radius 2 is 1.65 bits per heavy atom. The Morgan fingerprint density at radius 1 is 1.06 bits per heavy atom. The van der Waals surface area contributed by atoms with Gasteiger partial charge in [0.05, 0.1) is 6.42 Å². The second-order valence-electron chi connectivity index (χ2n) is 3.30. The second-order valence-corrected chi connectivity index (χ2v) is 3.30. The molecule has 88 valence electrons. The maximum atomic E-state index is 10.4. The average Bonchev–Trinajstić information content (AvgIpc) is 2.27. The topological polar surface area (TPSA) is 74.6 Å². The first-order valence-corrected chi connectivity index (χ1v) is 4.98. The number of carbonyl (C=O) groups is 2. The molecule has 0 amide bonds. The molecule has 0 aromatic heterocycles. The Balaban J connectivity index is 2.88. The molecule has 0 aliphatic rings. The van der Waals surface area contributed by atoms with E-state index in [1.807, 2.05) is 0 Å². The lowest BCUT2D eigenvalue weighted by Gasteiger charge is -1.99. The summed E-state index contributed by atoms with van der Waals surface area (Å²) in [7, 11) is 0. The van der Waals surface area contributed by atoms with Crippen LogP contribution in [0.5, 0.6) is 0 Å². The van der Waals surface area contributed by atoms with Crippen molar-refractivity contribution in [3.63, 3.8) is 0 Å². The quantitative estimate of drug-likeness (QED) is 0.763. The van der Waals surface area contributed by atoms with Crippen molar-refractivity contribution in [1.29, 1.82) is 0 Å². The van der Waals surface area contributed by atoms with Crippen LogP contribution in [0.25, 0.3) is 12.2 Å². The van der Waals surface area contributed by atoms with Gasteiger partial charge in [-0.25, -0.2) is 4.79 Å². The molecule has 0 bridgehead atoms. The van der Waals surface area contributed by atoms with Gasteiger partial charge in [0.2, 0.25) is 0 Å². The highest BCUT2D eigenvalue weighted by molar-refractivity contribution is 5.86. The van der Waals surface area contributed by atoms with Crippen molar-refractivity contribution < 1.29 is 19.8 Å². The van der Waals surface area contributed by atoms with Crippen molar-refractivity contribution in [2.45, 2.75) is 6.42 Å². The van der Waals surface area contributed by atoms with Gasteiger partial charge in [0.1, 0.15) is 0 Å². The standard InChI is InChI=1S/C13H12O4/c14-12(15)7-3-6-10-4-1-2-5-11(10)8-9-13(16)17/h1-6,8-9H,7H2,(H,14,15)(H,16,17)/b6-3?,9-8+. The average molecular weight is 232 g/mol. The molecule has 1 rings (SSSR count). The van der Waals surface area contributed by atoms with E-state index in [1.54, 1.807) is 30.3 Å². The molecule has 0 radical (unpaired) electrons. The van der Waals surface area contributed by atoms with Gasteiger partial charge in [0, 0.05) is 6.08 Å². The highest BCUT2D eigenvalue weighted by atomic mass is 16.4. The minimum absolute atomic E-state index is 0.0586. The Hall–Kier alpha value is -2.36. The first kappa shape index (κ1) is 12.7. The first-order valence-electron chi connectivity index (χ1n) is 4.98. The zero-order valence-electron chi connectivity index (χ0n) is 9.04. The molecule has 0 saturated heterocycles. The molecule has 0 aliphatic heterocycles. The highest BCUT2D eigenvalue weighted by Gasteiger charge is 1.96. The van der Waals surface area contributed by atoms with E-state index in [-0.39, 0.29) is 6.42 Å². The molecule has 1 aromatic rings. The third kappa shape index (κ3) is 4.79. The molecular weight excluding hydrogens is 220 g/mol. The fraction of sp³-hybridized carbons (Fsp3) is 0.0769. The van der Waals surface area contributed by atoms with Crippen molar-refractivity contribution in [3.8, 4) is 0 Å². The summed E-state index contributed by atoms with van der Waals surface area (Å²) in [6, 6.07) is 7.15. The first-order chi connectivity index (χ1) is 8.09. The van der Waals surface area contributed by atoms with Crippen LogP contribution in [0.3, 0.4) is 0 Å². The zero-order chi connectivity index (χ0) is 12.7. The van der Waals surface area contributed by atoms with E-state index in [1.165, 1.54) is 12.2 Å². The molecule has 0 spiro atoms. The van der Waals surface area contributed by atoms with Crippen LogP contribution in [0.4, 0.5) is 0 Å². The fourth-order valence-corrected chi connectivity index (χ4v) is 1.26. The molecule has 17 heavy (non-hydrogen) atoms. The van der Waals surface area contributed by atoms with Gasteiger partial charge >= 0.3 is 11.9 Å². The number of hydrogen-bond acceptors (Lipinski definition) is 2. The third-order valence-electron chi connectivity index (χ3n) is 1.99. The van der Waals surface area contributed by atoms with Crippen molar-refractivity contribution >= 4 is 24.1 Å². The number of aliphatic carboxylic acids is 2. The van der Waals surface area contributed by atoms with E-state index in [0.717, 1.165) is 17.2 Å². The Kier molecular flexibility index (Phi) is 4.69. The van der Waals surface area contributed by atoms with Crippen molar-refractivity contribution in [3.05, 3.63) is 47.5 Å². The number of rotatable bonds is 5. The summed E-state index contributed by atoms with van der Waals surface area (Å²) in [6.07, 6.45) is 5.65. The van der Waals surface area contributed by atoms with Crippen LogP contribution in [0.2, 0.25) is 0 Å². The van der Waals surface area contributed by atoms with Crippen LogP contribution in [0.15, 0.2) is 36.4 Å². The smallest absolute Gasteiger partial charge is 0.328 e. The van der Waals surface area contributed by atoms with E-state index in [2.05, 4.69) is 0 Å². The zero-order valence-corrected chi connectivity index (χ0v) is 9.04.